The molecule has 0 saturated heterocycles. The molecular formula is C18H31N5OS2. The summed E-state index contributed by atoms with van der Waals surface area (Å²) in [5, 5.41) is 11.9. The number of carbonyl (C=O) groups excluding carboxylic acids is 1. The van der Waals surface area contributed by atoms with E-state index < -0.39 is 0 Å². The number of thioether (sulfide) groups is 1. The molecule has 146 valence electrons. The zero-order chi connectivity index (χ0) is 18.8. The van der Waals surface area contributed by atoms with Crippen LogP contribution in [0, 0.1) is 5.92 Å². The number of aromatic nitrogens is 1. The lowest BCUT2D eigenvalue weighted by molar-refractivity contribution is -0.126. The Kier molecular flexibility index (Phi) is 9.25. The van der Waals surface area contributed by atoms with Gasteiger partial charge in [0, 0.05) is 48.9 Å². The van der Waals surface area contributed by atoms with Crippen molar-refractivity contribution in [2.75, 3.05) is 19.3 Å². The van der Waals surface area contributed by atoms with Crippen molar-refractivity contribution in [1.82, 2.24) is 20.9 Å². The Labute approximate surface area is 165 Å². The summed E-state index contributed by atoms with van der Waals surface area (Å²) in [4.78, 5) is 20.9. The van der Waals surface area contributed by atoms with E-state index in [1.165, 1.54) is 0 Å². The number of hydrogen-bond acceptors (Lipinski definition) is 5. The molecule has 26 heavy (non-hydrogen) atoms. The topological polar surface area (TPSA) is 78.4 Å². The van der Waals surface area contributed by atoms with E-state index in [4.69, 9.17) is 0 Å². The van der Waals surface area contributed by atoms with Crippen LogP contribution in [-0.4, -0.2) is 48.3 Å². The largest absolute Gasteiger partial charge is 0.356 e. The van der Waals surface area contributed by atoms with E-state index in [2.05, 4.69) is 25.9 Å². The molecule has 3 N–H and O–H groups in total. The van der Waals surface area contributed by atoms with Gasteiger partial charge in [0.2, 0.25) is 5.91 Å². The van der Waals surface area contributed by atoms with Crippen molar-refractivity contribution in [2.24, 2.45) is 10.9 Å². The number of nitrogens with zero attached hydrogens (tertiary/aromatic N) is 2. The third-order valence-electron chi connectivity index (χ3n) is 4.29. The number of carbonyl (C=O) groups is 1. The van der Waals surface area contributed by atoms with Gasteiger partial charge in [0.05, 0.1) is 0 Å². The van der Waals surface area contributed by atoms with Crippen LogP contribution in [0.3, 0.4) is 0 Å². The van der Waals surface area contributed by atoms with Gasteiger partial charge in [0.25, 0.3) is 0 Å². The monoisotopic (exact) mass is 397 g/mol. The Morgan fingerprint density at radius 3 is 3.00 bits per heavy atom. The molecule has 1 amide bonds. The summed E-state index contributed by atoms with van der Waals surface area (Å²) in [6.45, 7) is 4.89. The minimum atomic E-state index is 0.108. The first-order chi connectivity index (χ1) is 12.6. The molecule has 2 atom stereocenters. The van der Waals surface area contributed by atoms with E-state index in [-0.39, 0.29) is 17.9 Å². The highest BCUT2D eigenvalue weighted by atomic mass is 32.2. The Morgan fingerprint density at radius 2 is 2.31 bits per heavy atom. The molecule has 0 aromatic carbocycles. The lowest BCUT2D eigenvalue weighted by atomic mass is 9.85. The average Bonchev–Trinajstić information content (AvgIpc) is 3.13. The van der Waals surface area contributed by atoms with Crippen molar-refractivity contribution in [2.45, 2.75) is 62.4 Å². The van der Waals surface area contributed by atoms with Crippen molar-refractivity contribution in [3.63, 3.8) is 0 Å². The molecule has 0 bridgehead atoms. The Bertz CT molecular complexity index is 562. The van der Waals surface area contributed by atoms with E-state index >= 15 is 0 Å². The smallest absolute Gasteiger partial charge is 0.223 e. The first-order valence-corrected chi connectivity index (χ1v) is 11.2. The van der Waals surface area contributed by atoms with Gasteiger partial charge in [-0.05, 0) is 39.5 Å². The van der Waals surface area contributed by atoms with Gasteiger partial charge in [-0.3, -0.25) is 9.79 Å². The van der Waals surface area contributed by atoms with Crippen molar-refractivity contribution >= 4 is 35.0 Å². The number of hydrogen-bond donors (Lipinski definition) is 3. The molecule has 1 heterocycles. The highest BCUT2D eigenvalue weighted by Crippen LogP contribution is 2.24. The fourth-order valence-corrected chi connectivity index (χ4v) is 4.72. The van der Waals surface area contributed by atoms with Gasteiger partial charge in [-0.25, -0.2) is 4.98 Å². The predicted molar refractivity (Wildman–Crippen MR) is 111 cm³/mol. The first kappa shape index (κ1) is 21.0. The lowest BCUT2D eigenvalue weighted by Crippen LogP contribution is -2.47. The summed E-state index contributed by atoms with van der Waals surface area (Å²) in [5.74, 6) is 2.17. The molecule has 2 unspecified atom stereocenters. The summed E-state index contributed by atoms with van der Waals surface area (Å²) in [7, 11) is 1.80. The maximum absolute atomic E-state index is 12.3. The zero-order valence-electron chi connectivity index (χ0n) is 16.0. The van der Waals surface area contributed by atoms with Crippen molar-refractivity contribution in [3.8, 4) is 0 Å². The second-order valence-corrected chi connectivity index (χ2v) is 9.10. The number of amides is 1. The summed E-state index contributed by atoms with van der Waals surface area (Å²) >= 11 is 3.48. The SMILES string of the molecule is CN=C(NCCCSc1nccs1)NC1CCCC(C(=O)NC(C)C)C1. The maximum atomic E-state index is 12.3. The number of nitrogens with one attached hydrogen (secondary N) is 3. The molecular weight excluding hydrogens is 366 g/mol. The maximum Gasteiger partial charge on any atom is 0.223 e. The molecule has 0 aliphatic heterocycles. The Morgan fingerprint density at radius 1 is 1.46 bits per heavy atom. The molecule has 1 fully saturated rings. The molecule has 1 aromatic heterocycles. The summed E-state index contributed by atoms with van der Waals surface area (Å²) in [5.41, 5.74) is 0. The number of rotatable bonds is 8. The van der Waals surface area contributed by atoms with Gasteiger partial charge < -0.3 is 16.0 Å². The molecule has 8 heteroatoms. The summed E-state index contributed by atoms with van der Waals surface area (Å²) < 4.78 is 1.13. The molecule has 0 spiro atoms. The molecule has 1 aliphatic carbocycles. The van der Waals surface area contributed by atoms with Crippen molar-refractivity contribution in [3.05, 3.63) is 11.6 Å². The number of aliphatic imine (C=N–C) groups is 1. The van der Waals surface area contributed by atoms with Gasteiger partial charge in [0.15, 0.2) is 5.96 Å². The summed E-state index contributed by atoms with van der Waals surface area (Å²) in [6, 6.07) is 0.509. The van der Waals surface area contributed by atoms with Crippen LogP contribution in [0.5, 0.6) is 0 Å². The summed E-state index contributed by atoms with van der Waals surface area (Å²) in [6.07, 6.45) is 6.92. The molecule has 2 rings (SSSR count). The van der Waals surface area contributed by atoms with Crippen LogP contribution < -0.4 is 16.0 Å². The van der Waals surface area contributed by atoms with E-state index in [0.29, 0.717) is 6.04 Å². The highest BCUT2D eigenvalue weighted by Gasteiger charge is 2.27. The Balaban J connectivity index is 1.67. The minimum Gasteiger partial charge on any atom is -0.356 e. The van der Waals surface area contributed by atoms with E-state index in [1.54, 1.807) is 30.1 Å². The molecule has 6 nitrogen and oxygen atoms in total. The number of thiazole rings is 1. The van der Waals surface area contributed by atoms with Crippen LogP contribution in [0.1, 0.15) is 46.0 Å². The van der Waals surface area contributed by atoms with E-state index in [0.717, 1.165) is 54.7 Å². The standard InChI is InChI=1S/C18H31N5OS2/c1-13(2)22-16(24)14-6-4-7-15(12-14)23-17(19-3)20-8-5-10-25-18-21-9-11-26-18/h9,11,13-15H,4-8,10,12H2,1-3H3,(H,22,24)(H2,19,20,23). The van der Waals surface area contributed by atoms with Gasteiger partial charge in [-0.1, -0.05) is 18.2 Å². The molecule has 1 saturated carbocycles. The highest BCUT2D eigenvalue weighted by molar-refractivity contribution is 8.00. The van der Waals surface area contributed by atoms with Crippen LogP contribution in [-0.2, 0) is 4.79 Å². The van der Waals surface area contributed by atoms with Gasteiger partial charge in [0.1, 0.15) is 4.34 Å². The van der Waals surface area contributed by atoms with Gasteiger partial charge >= 0.3 is 0 Å². The molecule has 0 radical (unpaired) electrons. The van der Waals surface area contributed by atoms with Crippen molar-refractivity contribution in [1.29, 1.82) is 0 Å². The third kappa shape index (κ3) is 7.53. The predicted octanol–water partition coefficient (Wildman–Crippen LogP) is 2.87. The van der Waals surface area contributed by atoms with E-state index in [9.17, 15) is 4.79 Å². The normalized spacial score (nSPS) is 20.8. The minimum absolute atomic E-state index is 0.108. The Hall–Kier alpha value is -1.28. The lowest BCUT2D eigenvalue weighted by Gasteiger charge is -2.30. The van der Waals surface area contributed by atoms with Crippen LogP contribution in [0.2, 0.25) is 0 Å². The van der Waals surface area contributed by atoms with Gasteiger partial charge in [-0.15, -0.1) is 11.3 Å². The third-order valence-corrected chi connectivity index (χ3v) is 6.34. The van der Waals surface area contributed by atoms with Crippen molar-refractivity contribution < 1.29 is 4.79 Å². The second kappa shape index (κ2) is 11.4. The van der Waals surface area contributed by atoms with Crippen LogP contribution in [0.25, 0.3) is 0 Å². The molecule has 1 aliphatic rings. The fourth-order valence-electron chi connectivity index (χ4n) is 3.07. The molecule has 1 aromatic rings. The zero-order valence-corrected chi connectivity index (χ0v) is 17.6. The van der Waals surface area contributed by atoms with Crippen LogP contribution in [0.15, 0.2) is 20.9 Å². The first-order valence-electron chi connectivity index (χ1n) is 9.38. The average molecular weight is 398 g/mol. The van der Waals surface area contributed by atoms with Crippen LogP contribution in [0.4, 0.5) is 0 Å². The van der Waals surface area contributed by atoms with Gasteiger partial charge in [-0.2, -0.15) is 0 Å². The van der Waals surface area contributed by atoms with E-state index in [1.807, 2.05) is 25.4 Å². The second-order valence-electron chi connectivity index (χ2n) is 6.87. The van der Waals surface area contributed by atoms with Crippen LogP contribution >= 0.6 is 23.1 Å². The number of guanidine groups is 1. The fraction of sp³-hybridized carbons (Fsp3) is 0.722. The quantitative estimate of drug-likeness (QED) is 0.272.